The molecular formula is C9H6F5N3. The average Bonchev–Trinajstić information content (AvgIpc) is 2.25. The molecule has 0 atom stereocenters. The van der Waals surface area contributed by atoms with Crippen molar-refractivity contribution in [2.75, 3.05) is 0 Å². The highest BCUT2D eigenvalue weighted by Crippen LogP contribution is 2.34. The van der Waals surface area contributed by atoms with Crippen molar-refractivity contribution in [3.8, 4) is 6.07 Å². The predicted molar refractivity (Wildman–Crippen MR) is 46.8 cm³/mol. The molecule has 8 heteroatoms. The first-order valence-electron chi connectivity index (χ1n) is 4.30. The minimum absolute atomic E-state index is 0.344. The molecule has 2 N–H and O–H groups in total. The van der Waals surface area contributed by atoms with Gasteiger partial charge in [0.05, 0.1) is 16.8 Å². The number of aromatic nitrogens is 1. The van der Waals surface area contributed by atoms with Gasteiger partial charge in [-0.2, -0.15) is 18.4 Å². The van der Waals surface area contributed by atoms with Gasteiger partial charge in [-0.1, -0.05) is 0 Å². The van der Waals surface area contributed by atoms with E-state index >= 15 is 0 Å². The maximum absolute atomic E-state index is 12.5. The van der Waals surface area contributed by atoms with E-state index in [-0.39, 0.29) is 0 Å². The van der Waals surface area contributed by atoms with Gasteiger partial charge in [0, 0.05) is 6.54 Å². The quantitative estimate of drug-likeness (QED) is 0.820. The van der Waals surface area contributed by atoms with E-state index in [2.05, 4.69) is 4.98 Å². The number of halogens is 5. The molecule has 1 rings (SSSR count). The zero-order valence-electron chi connectivity index (χ0n) is 8.22. The number of pyridine rings is 1. The predicted octanol–water partition coefficient (Wildman–Crippen LogP) is 2.37. The fourth-order valence-electron chi connectivity index (χ4n) is 1.22. The molecular weight excluding hydrogens is 245 g/mol. The molecule has 1 aromatic heterocycles. The number of hydrogen-bond donors (Lipinski definition) is 1. The molecule has 92 valence electrons. The lowest BCUT2D eigenvalue weighted by atomic mass is 10.1. The number of rotatable bonds is 2. The van der Waals surface area contributed by atoms with Crippen LogP contribution in [0.25, 0.3) is 0 Å². The van der Waals surface area contributed by atoms with E-state index in [0.717, 1.165) is 0 Å². The van der Waals surface area contributed by atoms with Gasteiger partial charge in [0.15, 0.2) is 0 Å². The van der Waals surface area contributed by atoms with Crippen LogP contribution in [0.1, 0.15) is 28.9 Å². The van der Waals surface area contributed by atoms with Gasteiger partial charge in [0.25, 0.3) is 6.43 Å². The van der Waals surface area contributed by atoms with E-state index in [9.17, 15) is 22.0 Å². The Kier molecular flexibility index (Phi) is 3.63. The van der Waals surface area contributed by atoms with E-state index in [1.165, 1.54) is 6.07 Å². The number of hydrogen-bond acceptors (Lipinski definition) is 3. The summed E-state index contributed by atoms with van der Waals surface area (Å²) >= 11 is 0. The van der Waals surface area contributed by atoms with Crippen molar-refractivity contribution in [2.24, 2.45) is 5.73 Å². The van der Waals surface area contributed by atoms with Gasteiger partial charge >= 0.3 is 6.18 Å². The Morgan fingerprint density at radius 2 is 2.00 bits per heavy atom. The molecule has 0 amide bonds. The molecule has 3 nitrogen and oxygen atoms in total. The van der Waals surface area contributed by atoms with Crippen molar-refractivity contribution >= 4 is 0 Å². The van der Waals surface area contributed by atoms with Crippen molar-refractivity contribution in [3.63, 3.8) is 0 Å². The van der Waals surface area contributed by atoms with Crippen LogP contribution in [0, 0.1) is 11.3 Å². The number of alkyl halides is 5. The van der Waals surface area contributed by atoms with E-state index in [1.807, 2.05) is 0 Å². The van der Waals surface area contributed by atoms with E-state index in [4.69, 9.17) is 11.0 Å². The van der Waals surface area contributed by atoms with Gasteiger partial charge in [0.2, 0.25) is 0 Å². The monoisotopic (exact) mass is 251 g/mol. The Balaban J connectivity index is 3.51. The van der Waals surface area contributed by atoms with Gasteiger partial charge in [0.1, 0.15) is 11.8 Å². The molecule has 0 unspecified atom stereocenters. The van der Waals surface area contributed by atoms with Crippen molar-refractivity contribution in [1.82, 2.24) is 4.98 Å². The molecule has 0 radical (unpaired) electrons. The second kappa shape index (κ2) is 4.63. The summed E-state index contributed by atoms with van der Waals surface area (Å²) in [6, 6.07) is 1.60. The largest absolute Gasteiger partial charge is 0.418 e. The number of nitriles is 1. The fourth-order valence-corrected chi connectivity index (χ4v) is 1.22. The summed E-state index contributed by atoms with van der Waals surface area (Å²) in [6.45, 7) is -0.639. The van der Waals surface area contributed by atoms with Crippen LogP contribution >= 0.6 is 0 Å². The van der Waals surface area contributed by atoms with Crippen LogP contribution < -0.4 is 5.73 Å². The van der Waals surface area contributed by atoms with Crippen LogP contribution in [0.15, 0.2) is 6.07 Å². The molecule has 0 saturated heterocycles. The Morgan fingerprint density at radius 1 is 1.41 bits per heavy atom. The first kappa shape index (κ1) is 13.3. The van der Waals surface area contributed by atoms with Gasteiger partial charge < -0.3 is 5.73 Å². The van der Waals surface area contributed by atoms with E-state index < -0.39 is 41.7 Å². The molecule has 0 aliphatic heterocycles. The Bertz CT molecular complexity index is 461. The standard InChI is InChI=1S/C9H6F5N3/c10-8(11)7-4(2-15)1-5(9(12,13)14)6(3-16)17-7/h1,8H,3,16H2. The van der Waals surface area contributed by atoms with Crippen LogP contribution in [-0.2, 0) is 12.7 Å². The summed E-state index contributed by atoms with van der Waals surface area (Å²) in [5.74, 6) is 0. The Labute approximate surface area is 92.7 Å². The molecule has 0 aromatic carbocycles. The SMILES string of the molecule is N#Cc1cc(C(F)(F)F)c(CN)nc1C(F)F. The molecule has 0 fully saturated rings. The molecule has 1 aromatic rings. The average molecular weight is 251 g/mol. The van der Waals surface area contributed by atoms with Crippen molar-refractivity contribution in [1.29, 1.82) is 5.26 Å². The van der Waals surface area contributed by atoms with E-state index in [1.54, 1.807) is 0 Å². The maximum Gasteiger partial charge on any atom is 0.418 e. The van der Waals surface area contributed by atoms with Crippen LogP contribution in [0.4, 0.5) is 22.0 Å². The van der Waals surface area contributed by atoms with Gasteiger partial charge in [-0.05, 0) is 6.07 Å². The van der Waals surface area contributed by atoms with Crippen molar-refractivity contribution < 1.29 is 22.0 Å². The summed E-state index contributed by atoms with van der Waals surface area (Å²) in [5.41, 5.74) is 1.27. The Hall–Kier alpha value is -1.75. The zero-order valence-corrected chi connectivity index (χ0v) is 8.22. The highest BCUT2D eigenvalue weighted by molar-refractivity contribution is 5.40. The zero-order chi connectivity index (χ0) is 13.2. The van der Waals surface area contributed by atoms with Crippen LogP contribution in [0.3, 0.4) is 0 Å². The molecule has 0 bridgehead atoms. The highest BCUT2D eigenvalue weighted by Gasteiger charge is 2.35. The van der Waals surface area contributed by atoms with Crippen molar-refractivity contribution in [3.05, 3.63) is 28.6 Å². The molecule has 17 heavy (non-hydrogen) atoms. The molecule has 0 aliphatic rings. The Morgan fingerprint density at radius 3 is 2.35 bits per heavy atom. The topological polar surface area (TPSA) is 62.7 Å². The maximum atomic E-state index is 12.5. The summed E-state index contributed by atoms with van der Waals surface area (Å²) in [7, 11) is 0. The molecule has 1 heterocycles. The fraction of sp³-hybridized carbons (Fsp3) is 0.333. The second-order valence-electron chi connectivity index (χ2n) is 3.03. The van der Waals surface area contributed by atoms with Gasteiger partial charge in [-0.25, -0.2) is 13.8 Å². The lowest BCUT2D eigenvalue weighted by Crippen LogP contribution is -2.16. The smallest absolute Gasteiger partial charge is 0.325 e. The van der Waals surface area contributed by atoms with Crippen LogP contribution in [-0.4, -0.2) is 4.98 Å². The van der Waals surface area contributed by atoms with Crippen LogP contribution in [0.2, 0.25) is 0 Å². The summed E-state index contributed by atoms with van der Waals surface area (Å²) in [5, 5.41) is 8.50. The normalized spacial score (nSPS) is 11.6. The summed E-state index contributed by atoms with van der Waals surface area (Å²) < 4.78 is 62.3. The third-order valence-corrected chi connectivity index (χ3v) is 1.96. The third kappa shape index (κ3) is 2.68. The third-order valence-electron chi connectivity index (χ3n) is 1.96. The number of nitrogens with two attached hydrogens (primary N) is 1. The molecule has 0 aliphatic carbocycles. The number of nitrogens with zero attached hydrogens (tertiary/aromatic N) is 2. The first-order valence-corrected chi connectivity index (χ1v) is 4.30. The van der Waals surface area contributed by atoms with Gasteiger partial charge in [-0.3, -0.25) is 0 Å². The minimum atomic E-state index is -4.78. The van der Waals surface area contributed by atoms with Gasteiger partial charge in [-0.15, -0.1) is 0 Å². The van der Waals surface area contributed by atoms with Crippen molar-refractivity contribution in [2.45, 2.75) is 19.1 Å². The summed E-state index contributed by atoms with van der Waals surface area (Å²) in [4.78, 5) is 3.11. The highest BCUT2D eigenvalue weighted by atomic mass is 19.4. The lowest BCUT2D eigenvalue weighted by molar-refractivity contribution is -0.138. The molecule has 0 spiro atoms. The van der Waals surface area contributed by atoms with E-state index in [0.29, 0.717) is 6.07 Å². The minimum Gasteiger partial charge on any atom is -0.325 e. The lowest BCUT2D eigenvalue weighted by Gasteiger charge is -2.13. The first-order chi connectivity index (χ1) is 7.81. The van der Waals surface area contributed by atoms with Crippen LogP contribution in [0.5, 0.6) is 0 Å². The summed E-state index contributed by atoms with van der Waals surface area (Å²) in [6.07, 6.45) is -7.91. The second-order valence-corrected chi connectivity index (χ2v) is 3.03. The molecule has 0 saturated carbocycles.